The minimum absolute atomic E-state index is 0.153. The van der Waals surface area contributed by atoms with Gasteiger partial charge in [-0.3, -0.25) is 24.6 Å². The SMILES string of the molecule is CC(OS(=O)(=O)c1ccc([N+](=O)[O-])cc1)=C(C(=O)OC(c1ccccc1)c1ccccc1)N1C(=O)[C@@H](NC(=O)COc2ccccc2)[C@H]1SS(=O)(=O)c1ccc(C)cc1. The highest BCUT2D eigenvalue weighted by Gasteiger charge is 2.55. The molecule has 0 radical (unpaired) electrons. The molecule has 2 atom stereocenters. The van der Waals surface area contributed by atoms with E-state index in [1.54, 1.807) is 110 Å². The number of carbonyl (C=O) groups is 3. The average Bonchev–Trinajstić information content (AvgIpc) is 3.23. The number of non-ortho nitro benzene ring substituents is 1. The van der Waals surface area contributed by atoms with Crippen LogP contribution in [0.5, 0.6) is 5.75 Å². The Morgan fingerprint density at radius 1 is 0.797 bits per heavy atom. The fraction of sp³-hybridized carbons (Fsp3) is 0.146. The Kier molecular flexibility index (Phi) is 12.8. The van der Waals surface area contributed by atoms with Crippen LogP contribution < -0.4 is 10.1 Å². The Bertz CT molecular complexity index is 2550. The largest absolute Gasteiger partial charge is 0.484 e. The summed E-state index contributed by atoms with van der Waals surface area (Å²) in [4.78, 5) is 52.5. The number of nitrogens with zero attached hydrogens (tertiary/aromatic N) is 2. The Balaban J connectivity index is 1.42. The number of likely N-dealkylation sites (tertiary alicyclic amines) is 1. The zero-order chi connectivity index (χ0) is 42.3. The van der Waals surface area contributed by atoms with E-state index in [0.717, 1.165) is 36.8 Å². The fourth-order valence-corrected chi connectivity index (χ4v) is 10.3. The van der Waals surface area contributed by atoms with Crippen LogP contribution in [0.4, 0.5) is 5.69 Å². The molecule has 1 heterocycles. The second-order valence-electron chi connectivity index (χ2n) is 12.9. The van der Waals surface area contributed by atoms with Crippen LogP contribution in [0.1, 0.15) is 29.7 Å². The molecule has 1 N–H and O–H groups in total. The van der Waals surface area contributed by atoms with Gasteiger partial charge in [0.25, 0.3) is 17.5 Å². The van der Waals surface area contributed by atoms with E-state index in [1.165, 1.54) is 12.1 Å². The molecule has 15 nitrogen and oxygen atoms in total. The number of nitro groups is 1. The molecule has 2 amide bonds. The second-order valence-corrected chi connectivity index (χ2v) is 18.4. The van der Waals surface area contributed by atoms with Crippen LogP contribution >= 0.6 is 10.8 Å². The molecule has 1 aliphatic heterocycles. The lowest BCUT2D eigenvalue weighted by atomic mass is 10.0. The maximum Gasteiger partial charge on any atom is 0.359 e. The molecule has 0 spiro atoms. The highest BCUT2D eigenvalue weighted by atomic mass is 33.1. The molecular weight excluding hydrogens is 823 g/mol. The molecule has 1 aliphatic rings. The van der Waals surface area contributed by atoms with Gasteiger partial charge in [-0.1, -0.05) is 96.6 Å². The summed E-state index contributed by atoms with van der Waals surface area (Å²) in [5.74, 6) is -3.47. The molecule has 6 rings (SSSR count). The fourth-order valence-electron chi connectivity index (χ4n) is 5.85. The van der Waals surface area contributed by atoms with Crippen LogP contribution in [-0.2, 0) is 42.3 Å². The maximum atomic E-state index is 14.6. The number of nitrogens with one attached hydrogen (secondary N) is 1. The maximum absolute atomic E-state index is 14.6. The third kappa shape index (κ3) is 9.97. The number of benzene rings is 5. The number of ether oxygens (including phenoxy) is 2. The quantitative estimate of drug-likeness (QED) is 0.0176. The van der Waals surface area contributed by atoms with Gasteiger partial charge in [-0.25, -0.2) is 13.2 Å². The van der Waals surface area contributed by atoms with E-state index < -0.39 is 87.9 Å². The molecule has 0 unspecified atom stereocenters. The second kappa shape index (κ2) is 18.0. The van der Waals surface area contributed by atoms with Crippen molar-refractivity contribution in [1.29, 1.82) is 0 Å². The minimum Gasteiger partial charge on any atom is -0.484 e. The van der Waals surface area contributed by atoms with E-state index >= 15 is 0 Å². The van der Waals surface area contributed by atoms with Gasteiger partial charge >= 0.3 is 16.1 Å². The number of rotatable bonds is 16. The summed E-state index contributed by atoms with van der Waals surface area (Å²) in [6, 6.07) is 33.3. The summed E-state index contributed by atoms with van der Waals surface area (Å²) < 4.78 is 72.0. The summed E-state index contributed by atoms with van der Waals surface area (Å²) >= 11 is 0. The predicted octanol–water partition coefficient (Wildman–Crippen LogP) is 6.03. The smallest absolute Gasteiger partial charge is 0.359 e. The Morgan fingerprint density at radius 3 is 1.86 bits per heavy atom. The van der Waals surface area contributed by atoms with Crippen molar-refractivity contribution < 1.29 is 49.8 Å². The van der Waals surface area contributed by atoms with Crippen LogP contribution in [0.3, 0.4) is 0 Å². The van der Waals surface area contributed by atoms with Gasteiger partial charge in [0.1, 0.15) is 27.8 Å². The van der Waals surface area contributed by atoms with Crippen molar-refractivity contribution >= 4 is 53.3 Å². The monoisotopic (exact) mass is 857 g/mol. The van der Waals surface area contributed by atoms with E-state index in [1.807, 2.05) is 0 Å². The molecule has 0 bridgehead atoms. The molecule has 304 valence electrons. The number of hydrogen-bond acceptors (Lipinski definition) is 13. The first kappa shape index (κ1) is 42.1. The zero-order valence-corrected chi connectivity index (χ0v) is 33.7. The molecule has 0 aromatic heterocycles. The highest BCUT2D eigenvalue weighted by Crippen LogP contribution is 2.42. The third-order valence-corrected chi connectivity index (χ3v) is 13.8. The van der Waals surface area contributed by atoms with Crippen molar-refractivity contribution in [1.82, 2.24) is 10.2 Å². The molecule has 0 aliphatic carbocycles. The highest BCUT2D eigenvalue weighted by molar-refractivity contribution is 8.72. The molecular formula is C41H35N3O12S3. The van der Waals surface area contributed by atoms with E-state index in [4.69, 9.17) is 13.7 Å². The van der Waals surface area contributed by atoms with Crippen molar-refractivity contribution in [3.63, 3.8) is 0 Å². The van der Waals surface area contributed by atoms with E-state index in [0.29, 0.717) is 21.8 Å². The first-order valence-electron chi connectivity index (χ1n) is 17.7. The minimum atomic E-state index is -4.85. The molecule has 0 saturated carbocycles. The molecule has 1 saturated heterocycles. The zero-order valence-electron chi connectivity index (χ0n) is 31.2. The van der Waals surface area contributed by atoms with Gasteiger partial charge in [0.2, 0.25) is 8.87 Å². The van der Waals surface area contributed by atoms with Gasteiger partial charge in [0.15, 0.2) is 18.4 Å². The van der Waals surface area contributed by atoms with E-state index in [9.17, 15) is 41.3 Å². The predicted molar refractivity (Wildman–Crippen MR) is 215 cm³/mol. The number of para-hydroxylation sites is 1. The van der Waals surface area contributed by atoms with Crippen LogP contribution in [0.25, 0.3) is 0 Å². The first-order chi connectivity index (χ1) is 28.1. The number of esters is 1. The summed E-state index contributed by atoms with van der Waals surface area (Å²) in [6.45, 7) is 2.25. The lowest BCUT2D eigenvalue weighted by Gasteiger charge is -2.46. The summed E-state index contributed by atoms with van der Waals surface area (Å²) in [6.07, 6.45) is -1.12. The lowest BCUT2D eigenvalue weighted by Crippen LogP contribution is -2.70. The molecule has 5 aromatic rings. The van der Waals surface area contributed by atoms with E-state index in [-0.39, 0.29) is 15.7 Å². The van der Waals surface area contributed by atoms with Crippen molar-refractivity contribution in [2.24, 2.45) is 0 Å². The van der Waals surface area contributed by atoms with Crippen molar-refractivity contribution in [3.8, 4) is 5.75 Å². The van der Waals surface area contributed by atoms with Crippen molar-refractivity contribution in [2.75, 3.05) is 6.61 Å². The lowest BCUT2D eigenvalue weighted by molar-refractivity contribution is -0.384. The normalized spacial score (nSPS) is 15.7. The van der Waals surface area contributed by atoms with E-state index in [2.05, 4.69) is 5.32 Å². The van der Waals surface area contributed by atoms with Crippen LogP contribution in [0, 0.1) is 17.0 Å². The Hall–Kier alpha value is -6.50. The summed E-state index contributed by atoms with van der Waals surface area (Å²) in [5, 5.41) is 12.1. The number of aryl methyl sites for hydroxylation is 1. The molecule has 59 heavy (non-hydrogen) atoms. The van der Waals surface area contributed by atoms with Crippen LogP contribution in [0.15, 0.2) is 161 Å². The third-order valence-electron chi connectivity index (χ3n) is 8.78. The number of β-lactam (4-membered cyclic amide) rings is 1. The van der Waals surface area contributed by atoms with Gasteiger partial charge in [-0.2, -0.15) is 8.42 Å². The summed E-state index contributed by atoms with van der Waals surface area (Å²) in [5.41, 5.74) is 0.556. The number of nitro benzene ring substituents is 1. The first-order valence-corrected chi connectivity index (χ1v) is 21.9. The Morgan fingerprint density at radius 2 is 1.32 bits per heavy atom. The molecule has 5 aromatic carbocycles. The van der Waals surface area contributed by atoms with Crippen molar-refractivity contribution in [2.45, 2.75) is 41.2 Å². The summed E-state index contributed by atoms with van der Waals surface area (Å²) in [7, 11) is -8.97. The number of amides is 2. The van der Waals surface area contributed by atoms with Crippen LogP contribution in [-0.4, -0.2) is 62.5 Å². The van der Waals surface area contributed by atoms with Gasteiger partial charge in [0, 0.05) is 22.9 Å². The average molecular weight is 858 g/mol. The molecule has 1 fully saturated rings. The topological polar surface area (TPSA) is 206 Å². The molecule has 18 heteroatoms. The standard InChI is InChI=1S/C41H35N3O12S3/c1-27-18-22-34(23-19-27)59(52,53)57-40-36(42-35(45)26-54-32-16-10-5-11-17-32)39(46)43(40)37(28(2)56-58(50,51)33-24-20-31(21-25-33)44(48)49)41(47)55-38(29-12-6-3-7-13-29)30-14-8-4-9-15-30/h3-25,36,38,40H,26H2,1-2H3,(H,42,45)/t36-,40-/m1/s1. The van der Waals surface area contributed by atoms with Crippen LogP contribution in [0.2, 0.25) is 0 Å². The van der Waals surface area contributed by atoms with Crippen molar-refractivity contribution in [3.05, 3.63) is 178 Å². The van der Waals surface area contributed by atoms with Gasteiger partial charge in [0.05, 0.1) is 9.82 Å². The van der Waals surface area contributed by atoms with Gasteiger partial charge < -0.3 is 19.0 Å². The number of allylic oxidation sites excluding steroid dienone is 1. The number of carbonyl (C=O) groups excluding carboxylic acids is 3. The van der Waals surface area contributed by atoms with Gasteiger partial charge in [-0.05, 0) is 61.4 Å². The number of hydrogen-bond donors (Lipinski definition) is 1. The Labute approximate surface area is 343 Å². The van der Waals surface area contributed by atoms with Gasteiger partial charge in [-0.15, -0.1) is 0 Å².